The molecule has 26 heavy (non-hydrogen) atoms. The van der Waals surface area contributed by atoms with E-state index in [0.29, 0.717) is 16.4 Å². The van der Waals surface area contributed by atoms with Crippen molar-refractivity contribution in [2.24, 2.45) is 10.9 Å². The van der Waals surface area contributed by atoms with Crippen LogP contribution in [0.4, 0.5) is 11.4 Å². The number of hydrogen-bond donors (Lipinski definition) is 1. The number of hydrogen-bond acceptors (Lipinski definition) is 4. The largest absolute Gasteiger partial charge is 0.301 e. The Labute approximate surface area is 161 Å². The standard InChI is InChI=1S/C19H16ClN3O2S/c1-2-12-3-7-14(8-4-12)21-11-16-17(24)22-19(26)23(18(16)25)15-9-5-13(20)6-10-15/h3-11,16H,2H2,1H3,(H,22,24,26)/t16-/m0/s1. The van der Waals surface area contributed by atoms with Crippen LogP contribution in [0.5, 0.6) is 0 Å². The molecule has 5 nitrogen and oxygen atoms in total. The Balaban J connectivity index is 1.84. The van der Waals surface area contributed by atoms with E-state index in [1.54, 1.807) is 24.3 Å². The van der Waals surface area contributed by atoms with E-state index < -0.39 is 17.7 Å². The Morgan fingerprint density at radius 1 is 1.15 bits per heavy atom. The van der Waals surface area contributed by atoms with Gasteiger partial charge in [-0.25, -0.2) is 0 Å². The molecule has 0 aromatic heterocycles. The Hall–Kier alpha value is -2.57. The summed E-state index contributed by atoms with van der Waals surface area (Å²) in [6.45, 7) is 2.07. The van der Waals surface area contributed by atoms with Gasteiger partial charge < -0.3 is 5.32 Å². The molecule has 1 aliphatic rings. The lowest BCUT2D eigenvalue weighted by atomic mass is 10.1. The topological polar surface area (TPSA) is 61.8 Å². The molecule has 2 amide bonds. The summed E-state index contributed by atoms with van der Waals surface area (Å²) in [5.41, 5.74) is 2.40. The van der Waals surface area contributed by atoms with Crippen molar-refractivity contribution < 1.29 is 9.59 Å². The minimum atomic E-state index is -1.05. The maximum absolute atomic E-state index is 12.8. The summed E-state index contributed by atoms with van der Waals surface area (Å²) < 4.78 is 0. The van der Waals surface area contributed by atoms with Crippen molar-refractivity contribution in [3.63, 3.8) is 0 Å². The van der Waals surface area contributed by atoms with Gasteiger partial charge in [0, 0.05) is 11.2 Å². The summed E-state index contributed by atoms with van der Waals surface area (Å²) in [7, 11) is 0. The van der Waals surface area contributed by atoms with Crippen LogP contribution in [0.2, 0.25) is 5.02 Å². The van der Waals surface area contributed by atoms with Gasteiger partial charge in [-0.1, -0.05) is 30.7 Å². The molecule has 7 heteroatoms. The van der Waals surface area contributed by atoms with Crippen molar-refractivity contribution in [1.29, 1.82) is 0 Å². The third-order valence-electron chi connectivity index (χ3n) is 4.00. The highest BCUT2D eigenvalue weighted by Crippen LogP contribution is 2.23. The second kappa shape index (κ2) is 7.76. The van der Waals surface area contributed by atoms with Crippen LogP contribution < -0.4 is 10.2 Å². The summed E-state index contributed by atoms with van der Waals surface area (Å²) in [6.07, 6.45) is 2.28. The van der Waals surface area contributed by atoms with E-state index in [-0.39, 0.29) is 5.11 Å². The minimum absolute atomic E-state index is 0.0410. The number of halogens is 1. The number of carbonyl (C=O) groups is 2. The molecule has 2 aromatic carbocycles. The van der Waals surface area contributed by atoms with Crippen LogP contribution in [0.1, 0.15) is 12.5 Å². The molecule has 0 radical (unpaired) electrons. The van der Waals surface area contributed by atoms with E-state index >= 15 is 0 Å². The zero-order valence-corrected chi connectivity index (χ0v) is 15.6. The molecule has 0 aliphatic carbocycles. The van der Waals surface area contributed by atoms with Crippen LogP contribution in [0.3, 0.4) is 0 Å². The van der Waals surface area contributed by atoms with E-state index in [4.69, 9.17) is 23.8 Å². The van der Waals surface area contributed by atoms with Gasteiger partial charge in [0.15, 0.2) is 11.0 Å². The monoisotopic (exact) mass is 385 g/mol. The molecule has 132 valence electrons. The van der Waals surface area contributed by atoms with Crippen molar-refractivity contribution in [2.75, 3.05) is 4.90 Å². The Morgan fingerprint density at radius 3 is 2.42 bits per heavy atom. The molecule has 0 spiro atoms. The molecule has 1 fully saturated rings. The number of anilines is 1. The molecule has 1 N–H and O–H groups in total. The number of thiocarbonyl (C=S) groups is 1. The lowest BCUT2D eigenvalue weighted by Crippen LogP contribution is -2.58. The number of aliphatic imine (C=N–C) groups is 1. The average molecular weight is 386 g/mol. The van der Waals surface area contributed by atoms with Crippen LogP contribution in [0.25, 0.3) is 0 Å². The summed E-state index contributed by atoms with van der Waals surface area (Å²) in [5.74, 6) is -1.99. The number of nitrogens with one attached hydrogen (secondary N) is 1. The van der Waals surface area contributed by atoms with Crippen molar-refractivity contribution in [3.05, 3.63) is 59.1 Å². The lowest BCUT2D eigenvalue weighted by Gasteiger charge is -2.30. The minimum Gasteiger partial charge on any atom is -0.301 e. The van der Waals surface area contributed by atoms with Crippen molar-refractivity contribution in [1.82, 2.24) is 5.32 Å². The molecule has 1 aliphatic heterocycles. The molecule has 0 unspecified atom stereocenters. The smallest absolute Gasteiger partial charge is 0.251 e. The number of amides is 2. The number of aryl methyl sites for hydroxylation is 1. The van der Waals surface area contributed by atoms with Gasteiger partial charge >= 0.3 is 0 Å². The van der Waals surface area contributed by atoms with Gasteiger partial charge in [0.2, 0.25) is 5.91 Å². The number of rotatable bonds is 4. The third kappa shape index (κ3) is 3.81. The van der Waals surface area contributed by atoms with E-state index in [2.05, 4.69) is 17.2 Å². The summed E-state index contributed by atoms with van der Waals surface area (Å²) >= 11 is 11.0. The fourth-order valence-corrected chi connectivity index (χ4v) is 2.96. The maximum atomic E-state index is 12.8. The zero-order valence-electron chi connectivity index (χ0n) is 14.0. The van der Waals surface area contributed by atoms with Crippen LogP contribution in [-0.4, -0.2) is 23.1 Å². The molecule has 0 saturated carbocycles. The Morgan fingerprint density at radius 2 is 1.81 bits per heavy atom. The van der Waals surface area contributed by atoms with Crippen LogP contribution in [0.15, 0.2) is 53.5 Å². The predicted molar refractivity (Wildman–Crippen MR) is 107 cm³/mol. The first-order chi connectivity index (χ1) is 12.5. The predicted octanol–water partition coefficient (Wildman–Crippen LogP) is 3.67. The van der Waals surface area contributed by atoms with E-state index in [1.807, 2.05) is 24.3 Å². The molecular formula is C19H16ClN3O2S. The molecule has 3 rings (SSSR count). The molecule has 2 aromatic rings. The van der Waals surface area contributed by atoms with Gasteiger partial charge in [-0.3, -0.25) is 19.5 Å². The van der Waals surface area contributed by atoms with Gasteiger partial charge in [0.05, 0.1) is 11.4 Å². The van der Waals surface area contributed by atoms with Crippen molar-refractivity contribution in [3.8, 4) is 0 Å². The highest BCUT2D eigenvalue weighted by atomic mass is 35.5. The molecule has 0 bridgehead atoms. The summed E-state index contributed by atoms with van der Waals surface area (Å²) in [4.78, 5) is 30.6. The quantitative estimate of drug-likeness (QED) is 0.496. The van der Waals surface area contributed by atoms with Gasteiger partial charge in [-0.05, 0) is 60.6 Å². The highest BCUT2D eigenvalue weighted by molar-refractivity contribution is 7.80. The first-order valence-corrected chi connectivity index (χ1v) is 8.85. The SMILES string of the molecule is CCc1ccc(N=C[C@H]2C(=O)NC(=S)N(c3ccc(Cl)cc3)C2=O)cc1. The molecule has 1 heterocycles. The lowest BCUT2D eigenvalue weighted by molar-refractivity contribution is -0.130. The van der Waals surface area contributed by atoms with Crippen molar-refractivity contribution in [2.45, 2.75) is 13.3 Å². The highest BCUT2D eigenvalue weighted by Gasteiger charge is 2.38. The van der Waals surface area contributed by atoms with E-state index in [9.17, 15) is 9.59 Å². The second-order valence-corrected chi connectivity index (χ2v) is 6.54. The van der Waals surface area contributed by atoms with Crippen LogP contribution >= 0.6 is 23.8 Å². The fraction of sp³-hybridized carbons (Fsp3) is 0.158. The first kappa shape index (κ1) is 18.2. The van der Waals surface area contributed by atoms with E-state index in [0.717, 1.165) is 6.42 Å². The Kier molecular flexibility index (Phi) is 5.44. The summed E-state index contributed by atoms with van der Waals surface area (Å²) in [5, 5.41) is 3.14. The van der Waals surface area contributed by atoms with Crippen LogP contribution in [0, 0.1) is 5.92 Å². The van der Waals surface area contributed by atoms with Crippen molar-refractivity contribution >= 4 is 58.3 Å². The normalized spacial score (nSPS) is 17.7. The van der Waals surface area contributed by atoms with Gasteiger partial charge in [-0.15, -0.1) is 0 Å². The van der Waals surface area contributed by atoms with Crippen LogP contribution in [-0.2, 0) is 16.0 Å². The van der Waals surface area contributed by atoms with Gasteiger partial charge in [-0.2, -0.15) is 0 Å². The molecule has 1 saturated heterocycles. The zero-order chi connectivity index (χ0) is 18.7. The summed E-state index contributed by atoms with van der Waals surface area (Å²) in [6, 6.07) is 14.3. The Bertz CT molecular complexity index is 879. The first-order valence-electron chi connectivity index (χ1n) is 8.07. The number of nitrogens with zero attached hydrogens (tertiary/aromatic N) is 2. The number of carbonyl (C=O) groups excluding carboxylic acids is 2. The van der Waals surface area contributed by atoms with Gasteiger partial charge in [0.25, 0.3) is 5.91 Å². The van der Waals surface area contributed by atoms with E-state index in [1.165, 1.54) is 16.7 Å². The van der Waals surface area contributed by atoms with Gasteiger partial charge in [0.1, 0.15) is 0 Å². The molecule has 1 atom stereocenters. The second-order valence-electron chi connectivity index (χ2n) is 5.72. The fourth-order valence-electron chi connectivity index (χ4n) is 2.53. The molecular weight excluding hydrogens is 370 g/mol. The third-order valence-corrected chi connectivity index (χ3v) is 4.54. The maximum Gasteiger partial charge on any atom is 0.251 e. The number of benzene rings is 2. The average Bonchev–Trinajstić information content (AvgIpc) is 2.63.